The van der Waals surface area contributed by atoms with Crippen LogP contribution in [0.1, 0.15) is 26.7 Å². The number of rotatable bonds is 6. The molecule has 1 rings (SSSR count). The van der Waals surface area contributed by atoms with Gasteiger partial charge in [0.15, 0.2) is 0 Å². The molecule has 2 N–H and O–H groups in total. The molecule has 1 saturated heterocycles. The van der Waals surface area contributed by atoms with Crippen LogP contribution < -0.4 is 5.32 Å². The van der Waals surface area contributed by atoms with Crippen molar-refractivity contribution in [2.24, 2.45) is 11.8 Å². The van der Waals surface area contributed by atoms with Crippen molar-refractivity contribution >= 4 is 5.97 Å². The molecule has 1 heterocycles. The van der Waals surface area contributed by atoms with E-state index in [1.54, 1.807) is 7.05 Å². The number of carbonyl (C=O) groups is 1. The van der Waals surface area contributed by atoms with E-state index in [9.17, 15) is 4.79 Å². The minimum atomic E-state index is -0.732. The highest BCUT2D eigenvalue weighted by Crippen LogP contribution is 2.21. The summed E-state index contributed by atoms with van der Waals surface area (Å²) in [6.07, 6.45) is 1.89. The predicted octanol–water partition coefficient (Wildman–Crippen LogP) is 1.03. The molecule has 0 saturated carbocycles. The van der Waals surface area contributed by atoms with Crippen LogP contribution in [0.3, 0.4) is 0 Å². The van der Waals surface area contributed by atoms with E-state index in [1.165, 1.54) is 0 Å². The molecule has 0 aromatic carbocycles. The second-order valence-electron chi connectivity index (χ2n) is 5.22. The molecule has 1 aliphatic rings. The van der Waals surface area contributed by atoms with Crippen LogP contribution in [0.25, 0.3) is 0 Å². The number of likely N-dealkylation sites (N-methyl/N-ethyl adjacent to an activating group) is 1. The Balaban J connectivity index is 2.33. The molecule has 4 heteroatoms. The van der Waals surface area contributed by atoms with Gasteiger partial charge in [-0.1, -0.05) is 13.8 Å². The van der Waals surface area contributed by atoms with Crippen molar-refractivity contribution in [1.82, 2.24) is 10.2 Å². The van der Waals surface area contributed by atoms with E-state index in [4.69, 9.17) is 5.11 Å². The molecule has 0 spiro atoms. The lowest BCUT2D eigenvalue weighted by Crippen LogP contribution is -2.36. The fraction of sp³-hybridized carbons (Fsp3) is 0.917. The molecule has 94 valence electrons. The molecule has 0 aromatic heterocycles. The van der Waals surface area contributed by atoms with Gasteiger partial charge in [0, 0.05) is 13.1 Å². The SMILES string of the molecule is CNC(CC1CCN(CC(C)C)C1)C(=O)O. The molecule has 0 amide bonds. The van der Waals surface area contributed by atoms with Crippen LogP contribution in [0.4, 0.5) is 0 Å². The van der Waals surface area contributed by atoms with Gasteiger partial charge in [0.25, 0.3) is 0 Å². The number of hydrogen-bond donors (Lipinski definition) is 2. The smallest absolute Gasteiger partial charge is 0.320 e. The third-order valence-electron chi connectivity index (χ3n) is 3.21. The maximum Gasteiger partial charge on any atom is 0.320 e. The Morgan fingerprint density at radius 2 is 2.25 bits per heavy atom. The van der Waals surface area contributed by atoms with Crippen LogP contribution in [-0.4, -0.2) is 48.7 Å². The minimum Gasteiger partial charge on any atom is -0.480 e. The number of carboxylic acids is 1. The topological polar surface area (TPSA) is 52.6 Å². The van der Waals surface area contributed by atoms with Crippen LogP contribution in [-0.2, 0) is 4.79 Å². The van der Waals surface area contributed by atoms with Gasteiger partial charge in [-0.05, 0) is 38.3 Å². The fourth-order valence-electron chi connectivity index (χ4n) is 2.46. The number of nitrogens with one attached hydrogen (secondary N) is 1. The maximum atomic E-state index is 10.9. The van der Waals surface area contributed by atoms with E-state index in [1.807, 2.05) is 0 Å². The Hall–Kier alpha value is -0.610. The lowest BCUT2D eigenvalue weighted by molar-refractivity contribution is -0.139. The summed E-state index contributed by atoms with van der Waals surface area (Å²) in [5.41, 5.74) is 0. The molecule has 1 fully saturated rings. The minimum absolute atomic E-state index is 0.385. The Kier molecular flexibility index (Phi) is 5.22. The predicted molar refractivity (Wildman–Crippen MR) is 64.5 cm³/mol. The van der Waals surface area contributed by atoms with Crippen LogP contribution in [0.5, 0.6) is 0 Å². The second-order valence-corrected chi connectivity index (χ2v) is 5.22. The largest absolute Gasteiger partial charge is 0.480 e. The van der Waals surface area contributed by atoms with Gasteiger partial charge in [-0.2, -0.15) is 0 Å². The van der Waals surface area contributed by atoms with Crippen molar-refractivity contribution in [3.8, 4) is 0 Å². The quantitative estimate of drug-likeness (QED) is 0.713. The van der Waals surface area contributed by atoms with Crippen molar-refractivity contribution in [1.29, 1.82) is 0 Å². The van der Waals surface area contributed by atoms with Crippen LogP contribution in [0.2, 0.25) is 0 Å². The zero-order valence-corrected chi connectivity index (χ0v) is 10.6. The van der Waals surface area contributed by atoms with Crippen molar-refractivity contribution in [3.63, 3.8) is 0 Å². The molecule has 0 aromatic rings. The summed E-state index contributed by atoms with van der Waals surface area (Å²) in [6.45, 7) is 7.76. The summed E-state index contributed by atoms with van der Waals surface area (Å²) in [6, 6.07) is -0.385. The lowest BCUT2D eigenvalue weighted by atomic mass is 9.99. The highest BCUT2D eigenvalue weighted by atomic mass is 16.4. The van der Waals surface area contributed by atoms with E-state index < -0.39 is 5.97 Å². The Morgan fingerprint density at radius 3 is 2.75 bits per heavy atom. The van der Waals surface area contributed by atoms with Gasteiger partial charge < -0.3 is 15.3 Å². The number of nitrogens with zero attached hydrogens (tertiary/aromatic N) is 1. The van der Waals surface area contributed by atoms with Gasteiger partial charge in [-0.3, -0.25) is 4.79 Å². The van der Waals surface area contributed by atoms with Gasteiger partial charge in [0.2, 0.25) is 0 Å². The molecular weight excluding hydrogens is 204 g/mol. The summed E-state index contributed by atoms with van der Waals surface area (Å²) in [7, 11) is 1.72. The van der Waals surface area contributed by atoms with Crippen molar-refractivity contribution in [2.45, 2.75) is 32.7 Å². The molecule has 2 atom stereocenters. The van der Waals surface area contributed by atoms with Gasteiger partial charge in [0.1, 0.15) is 6.04 Å². The van der Waals surface area contributed by atoms with E-state index in [2.05, 4.69) is 24.1 Å². The Bertz CT molecular complexity index is 231. The van der Waals surface area contributed by atoms with E-state index >= 15 is 0 Å². The Morgan fingerprint density at radius 1 is 1.56 bits per heavy atom. The summed E-state index contributed by atoms with van der Waals surface area (Å²) >= 11 is 0. The van der Waals surface area contributed by atoms with Gasteiger partial charge >= 0.3 is 5.97 Å². The first-order chi connectivity index (χ1) is 7.52. The molecule has 2 unspecified atom stereocenters. The average molecular weight is 228 g/mol. The Labute approximate surface area is 98.0 Å². The van der Waals surface area contributed by atoms with E-state index in [-0.39, 0.29) is 6.04 Å². The normalized spacial score (nSPS) is 23.9. The monoisotopic (exact) mass is 228 g/mol. The first kappa shape index (κ1) is 13.5. The van der Waals surface area contributed by atoms with E-state index in [0.29, 0.717) is 11.8 Å². The molecular formula is C12H24N2O2. The standard InChI is InChI=1S/C12H24N2O2/c1-9(2)7-14-5-4-10(8-14)6-11(13-3)12(15)16/h9-11,13H,4-8H2,1-3H3,(H,15,16). The molecule has 1 aliphatic heterocycles. The third-order valence-corrected chi connectivity index (χ3v) is 3.21. The molecule has 0 bridgehead atoms. The fourth-order valence-corrected chi connectivity index (χ4v) is 2.46. The highest BCUT2D eigenvalue weighted by Gasteiger charge is 2.27. The van der Waals surface area contributed by atoms with Crippen LogP contribution >= 0.6 is 0 Å². The van der Waals surface area contributed by atoms with Gasteiger partial charge in [-0.15, -0.1) is 0 Å². The average Bonchev–Trinajstić information content (AvgIpc) is 2.60. The van der Waals surface area contributed by atoms with Crippen molar-refractivity contribution < 1.29 is 9.90 Å². The van der Waals surface area contributed by atoms with E-state index in [0.717, 1.165) is 32.5 Å². The van der Waals surface area contributed by atoms with Crippen molar-refractivity contribution in [3.05, 3.63) is 0 Å². The van der Waals surface area contributed by atoms with Crippen LogP contribution in [0, 0.1) is 11.8 Å². The number of likely N-dealkylation sites (tertiary alicyclic amines) is 1. The number of carboxylic acid groups (broad SMARTS) is 1. The lowest BCUT2D eigenvalue weighted by Gasteiger charge is -2.19. The molecule has 4 nitrogen and oxygen atoms in total. The molecule has 0 aliphatic carbocycles. The first-order valence-electron chi connectivity index (χ1n) is 6.15. The second kappa shape index (κ2) is 6.21. The summed E-state index contributed by atoms with van der Waals surface area (Å²) in [5, 5.41) is 11.8. The molecule has 16 heavy (non-hydrogen) atoms. The van der Waals surface area contributed by atoms with Gasteiger partial charge in [0.05, 0.1) is 0 Å². The summed E-state index contributed by atoms with van der Waals surface area (Å²) in [4.78, 5) is 13.3. The third kappa shape index (κ3) is 4.10. The molecule has 0 radical (unpaired) electrons. The zero-order chi connectivity index (χ0) is 12.1. The van der Waals surface area contributed by atoms with Crippen LogP contribution in [0.15, 0.2) is 0 Å². The van der Waals surface area contributed by atoms with Crippen molar-refractivity contribution in [2.75, 3.05) is 26.7 Å². The highest BCUT2D eigenvalue weighted by molar-refractivity contribution is 5.73. The maximum absolute atomic E-state index is 10.9. The van der Waals surface area contributed by atoms with Gasteiger partial charge in [-0.25, -0.2) is 0 Å². The zero-order valence-electron chi connectivity index (χ0n) is 10.6. The first-order valence-corrected chi connectivity index (χ1v) is 6.15. The number of aliphatic carboxylic acids is 1. The number of hydrogen-bond acceptors (Lipinski definition) is 3. The summed E-state index contributed by atoms with van der Waals surface area (Å²) in [5.74, 6) is 0.496. The summed E-state index contributed by atoms with van der Waals surface area (Å²) < 4.78 is 0.